The van der Waals surface area contributed by atoms with Crippen molar-refractivity contribution in [1.29, 1.82) is 0 Å². The van der Waals surface area contributed by atoms with Crippen molar-refractivity contribution in [3.8, 4) is 0 Å². The summed E-state index contributed by atoms with van der Waals surface area (Å²) < 4.78 is 9.70. The minimum Gasteiger partial charge on any atom is -0.462 e. The zero-order chi connectivity index (χ0) is 16.4. The van der Waals surface area contributed by atoms with Crippen LogP contribution in [0.2, 0.25) is 0 Å². The zero-order valence-electron chi connectivity index (χ0n) is 12.7. The summed E-state index contributed by atoms with van der Waals surface area (Å²) >= 11 is 0. The molecule has 1 aromatic carbocycles. The van der Waals surface area contributed by atoms with Gasteiger partial charge >= 0.3 is 5.97 Å². The van der Waals surface area contributed by atoms with Crippen molar-refractivity contribution in [2.24, 2.45) is 0 Å². The predicted molar refractivity (Wildman–Crippen MR) is 80.5 cm³/mol. The minimum absolute atomic E-state index is 0.239. The summed E-state index contributed by atoms with van der Waals surface area (Å²) in [6.07, 6.45) is -0.332. The lowest BCUT2D eigenvalue weighted by Crippen LogP contribution is -2.30. The van der Waals surface area contributed by atoms with Gasteiger partial charge in [-0.05, 0) is 19.1 Å². The number of carbonyl (C=O) groups is 3. The number of hydrogen-bond acceptors (Lipinski definition) is 5. The Balaban J connectivity index is 2.61. The molecule has 1 rings (SSSR count). The van der Waals surface area contributed by atoms with E-state index in [-0.39, 0.29) is 18.6 Å². The van der Waals surface area contributed by atoms with Crippen LogP contribution in [0, 0.1) is 0 Å². The number of para-hydroxylation sites is 1. The highest BCUT2D eigenvalue weighted by Crippen LogP contribution is 2.16. The van der Waals surface area contributed by atoms with E-state index in [9.17, 15) is 14.4 Å². The average Bonchev–Trinajstić information content (AvgIpc) is 2.48. The first-order chi connectivity index (χ1) is 10.6. The molecule has 0 aliphatic heterocycles. The molecule has 0 aliphatic rings. The lowest BCUT2D eigenvalue weighted by molar-refractivity contribution is -0.126. The van der Waals surface area contributed by atoms with E-state index in [0.29, 0.717) is 18.8 Å². The quantitative estimate of drug-likeness (QED) is 0.424. The van der Waals surface area contributed by atoms with E-state index in [2.05, 4.69) is 10.6 Å². The van der Waals surface area contributed by atoms with Gasteiger partial charge < -0.3 is 20.1 Å². The maximum atomic E-state index is 11.8. The van der Waals surface area contributed by atoms with Crippen molar-refractivity contribution >= 4 is 23.5 Å². The summed E-state index contributed by atoms with van der Waals surface area (Å²) in [5, 5.41) is 5.08. The normalized spacial score (nSPS) is 9.91. The van der Waals surface area contributed by atoms with Gasteiger partial charge in [-0.2, -0.15) is 0 Å². The molecule has 0 unspecified atom stereocenters. The molecule has 0 atom stereocenters. The van der Waals surface area contributed by atoms with Crippen LogP contribution in [0.25, 0.3) is 0 Å². The highest BCUT2D eigenvalue weighted by Gasteiger charge is 2.15. The maximum Gasteiger partial charge on any atom is 0.340 e. The largest absolute Gasteiger partial charge is 0.462 e. The highest BCUT2D eigenvalue weighted by atomic mass is 16.5. The highest BCUT2D eigenvalue weighted by molar-refractivity contribution is 6.06. The van der Waals surface area contributed by atoms with Crippen LogP contribution in [0.5, 0.6) is 0 Å². The predicted octanol–water partition coefficient (Wildman–Crippen LogP) is 0.955. The van der Waals surface area contributed by atoms with E-state index < -0.39 is 17.8 Å². The van der Waals surface area contributed by atoms with E-state index in [1.54, 1.807) is 31.2 Å². The van der Waals surface area contributed by atoms with Gasteiger partial charge in [-0.15, -0.1) is 0 Å². The van der Waals surface area contributed by atoms with Crippen molar-refractivity contribution in [3.05, 3.63) is 29.8 Å². The molecule has 0 radical (unpaired) electrons. The molecule has 0 spiro atoms. The van der Waals surface area contributed by atoms with Crippen LogP contribution < -0.4 is 10.6 Å². The smallest absolute Gasteiger partial charge is 0.340 e. The van der Waals surface area contributed by atoms with Gasteiger partial charge in [0.1, 0.15) is 6.42 Å². The average molecular weight is 308 g/mol. The second-order valence-electron chi connectivity index (χ2n) is 4.33. The van der Waals surface area contributed by atoms with Crippen molar-refractivity contribution in [2.75, 3.05) is 32.2 Å². The number of rotatable bonds is 8. The fourth-order valence-electron chi connectivity index (χ4n) is 1.67. The standard InChI is InChI=1S/C15H20N2O5/c1-3-22-15(20)11-6-4-5-7-12(11)17-14(19)10-13(18)16-8-9-21-2/h4-7H,3,8-10H2,1-2H3,(H,16,18)(H,17,19). The molecule has 0 aromatic heterocycles. The Labute approximate surface area is 129 Å². The molecule has 1 aromatic rings. The van der Waals surface area contributed by atoms with Crippen molar-refractivity contribution in [2.45, 2.75) is 13.3 Å². The fraction of sp³-hybridized carbons (Fsp3) is 0.400. The molecule has 2 N–H and O–H groups in total. The summed E-state index contributed by atoms with van der Waals surface area (Å²) in [4.78, 5) is 35.1. The van der Waals surface area contributed by atoms with Crippen LogP contribution in [0.1, 0.15) is 23.7 Å². The van der Waals surface area contributed by atoms with Crippen LogP contribution in [-0.2, 0) is 19.1 Å². The third-order valence-electron chi connectivity index (χ3n) is 2.65. The number of carbonyl (C=O) groups excluding carboxylic acids is 3. The maximum absolute atomic E-state index is 11.8. The first-order valence-corrected chi connectivity index (χ1v) is 6.90. The molecule has 0 saturated heterocycles. The van der Waals surface area contributed by atoms with Gasteiger partial charge in [-0.1, -0.05) is 12.1 Å². The molecule has 0 saturated carbocycles. The van der Waals surface area contributed by atoms with E-state index in [4.69, 9.17) is 9.47 Å². The Morgan fingerprint density at radius 3 is 2.55 bits per heavy atom. The Bertz CT molecular complexity index is 530. The molecular formula is C15H20N2O5. The second-order valence-corrected chi connectivity index (χ2v) is 4.33. The SMILES string of the molecule is CCOC(=O)c1ccccc1NC(=O)CC(=O)NCCOC. The van der Waals surface area contributed by atoms with Gasteiger partial charge in [0.2, 0.25) is 11.8 Å². The van der Waals surface area contributed by atoms with E-state index in [1.165, 1.54) is 7.11 Å². The topological polar surface area (TPSA) is 93.7 Å². The monoisotopic (exact) mass is 308 g/mol. The molecule has 0 fully saturated rings. The second kappa shape index (κ2) is 9.51. The number of methoxy groups -OCH3 is 1. The molecule has 7 heteroatoms. The number of ether oxygens (including phenoxy) is 2. The van der Waals surface area contributed by atoms with Gasteiger partial charge in [0.05, 0.1) is 24.5 Å². The molecule has 7 nitrogen and oxygen atoms in total. The fourth-order valence-corrected chi connectivity index (χ4v) is 1.67. The van der Waals surface area contributed by atoms with Crippen LogP contribution in [0.15, 0.2) is 24.3 Å². The lowest BCUT2D eigenvalue weighted by atomic mass is 10.1. The Hall–Kier alpha value is -2.41. The van der Waals surface area contributed by atoms with Crippen LogP contribution in [0.3, 0.4) is 0 Å². The molecule has 0 aliphatic carbocycles. The van der Waals surface area contributed by atoms with E-state index >= 15 is 0 Å². The van der Waals surface area contributed by atoms with E-state index in [0.717, 1.165) is 0 Å². The van der Waals surface area contributed by atoms with Crippen LogP contribution in [0.4, 0.5) is 5.69 Å². The summed E-state index contributed by atoms with van der Waals surface area (Å²) in [6.45, 7) is 2.65. The lowest BCUT2D eigenvalue weighted by Gasteiger charge is -2.10. The number of anilines is 1. The first kappa shape index (κ1) is 17.6. The van der Waals surface area contributed by atoms with Crippen LogP contribution in [-0.4, -0.2) is 44.7 Å². The van der Waals surface area contributed by atoms with Crippen molar-refractivity contribution in [1.82, 2.24) is 5.32 Å². The summed E-state index contributed by atoms with van der Waals surface area (Å²) in [5.74, 6) is -1.45. The summed E-state index contributed by atoms with van der Waals surface area (Å²) in [5.41, 5.74) is 0.563. The molecule has 22 heavy (non-hydrogen) atoms. The Morgan fingerprint density at radius 2 is 1.86 bits per heavy atom. The van der Waals surface area contributed by atoms with Crippen molar-refractivity contribution < 1.29 is 23.9 Å². The zero-order valence-corrected chi connectivity index (χ0v) is 12.7. The Morgan fingerprint density at radius 1 is 1.14 bits per heavy atom. The van der Waals surface area contributed by atoms with Gasteiger partial charge in [-0.3, -0.25) is 9.59 Å². The number of esters is 1. The Kier molecular flexibility index (Phi) is 7.63. The first-order valence-electron chi connectivity index (χ1n) is 6.90. The van der Waals surface area contributed by atoms with Gasteiger partial charge in [0.15, 0.2) is 0 Å². The third-order valence-corrected chi connectivity index (χ3v) is 2.65. The summed E-state index contributed by atoms with van der Waals surface area (Å²) in [7, 11) is 1.52. The number of benzene rings is 1. The van der Waals surface area contributed by atoms with Crippen LogP contribution >= 0.6 is 0 Å². The van der Waals surface area contributed by atoms with Crippen molar-refractivity contribution in [3.63, 3.8) is 0 Å². The molecule has 0 bridgehead atoms. The summed E-state index contributed by atoms with van der Waals surface area (Å²) in [6, 6.07) is 6.47. The number of amides is 2. The molecular weight excluding hydrogens is 288 g/mol. The van der Waals surface area contributed by atoms with E-state index in [1.807, 2.05) is 0 Å². The van der Waals surface area contributed by atoms with Gasteiger partial charge in [0, 0.05) is 13.7 Å². The third kappa shape index (κ3) is 5.92. The number of hydrogen-bond donors (Lipinski definition) is 2. The minimum atomic E-state index is -0.525. The van der Waals surface area contributed by atoms with Gasteiger partial charge in [0.25, 0.3) is 0 Å². The number of nitrogens with one attached hydrogen (secondary N) is 2. The molecule has 2 amide bonds. The van der Waals surface area contributed by atoms with Gasteiger partial charge in [-0.25, -0.2) is 4.79 Å². The molecule has 120 valence electrons. The molecule has 0 heterocycles.